The maximum Gasteiger partial charge on any atom is 0.264 e. The van der Waals surface area contributed by atoms with E-state index < -0.39 is 0 Å². The molecule has 1 amide bonds. The number of piperazine rings is 1. The molecular weight excluding hydrogens is 355 g/mol. The monoisotopic (exact) mass is 376 g/mol. The number of rotatable bonds is 5. The minimum Gasteiger partial charge on any atom is -0.496 e. The quantitative estimate of drug-likeness (QED) is 0.753. The number of hydrogen-bond donors (Lipinski definition) is 0. The molecule has 2 aromatic rings. The van der Waals surface area contributed by atoms with Gasteiger partial charge in [-0.25, -0.2) is 4.39 Å². The molecule has 0 spiro atoms. The van der Waals surface area contributed by atoms with Crippen molar-refractivity contribution in [3.8, 4) is 5.75 Å². The number of nitrogens with zero attached hydrogens (tertiary/aromatic N) is 2. The van der Waals surface area contributed by atoms with Crippen LogP contribution >= 0.6 is 11.3 Å². The lowest BCUT2D eigenvalue weighted by molar-refractivity contribution is 0.0632. The molecule has 0 N–H and O–H groups in total. The Morgan fingerprint density at radius 2 is 1.81 bits per heavy atom. The molecular formula is C19H21FN2O3S. The number of ketones is 1. The third kappa shape index (κ3) is 4.11. The van der Waals surface area contributed by atoms with E-state index >= 15 is 0 Å². The molecule has 0 unspecified atom stereocenters. The molecule has 0 saturated carbocycles. The van der Waals surface area contributed by atoms with Crippen molar-refractivity contribution >= 4 is 23.0 Å². The number of carbonyl (C=O) groups excluding carboxylic acids is 2. The molecule has 1 aromatic carbocycles. The maximum atomic E-state index is 13.5. The van der Waals surface area contributed by atoms with Crippen molar-refractivity contribution in [2.45, 2.75) is 13.5 Å². The van der Waals surface area contributed by atoms with Gasteiger partial charge in [0.05, 0.1) is 16.9 Å². The summed E-state index contributed by atoms with van der Waals surface area (Å²) in [5, 5.41) is 0. The van der Waals surface area contributed by atoms with Gasteiger partial charge < -0.3 is 9.64 Å². The first kappa shape index (κ1) is 18.5. The Hall–Kier alpha value is -2.25. The molecule has 5 nitrogen and oxygen atoms in total. The predicted molar refractivity (Wildman–Crippen MR) is 98.5 cm³/mol. The lowest BCUT2D eigenvalue weighted by atomic mass is 10.1. The van der Waals surface area contributed by atoms with Crippen LogP contribution in [0.3, 0.4) is 0 Å². The summed E-state index contributed by atoms with van der Waals surface area (Å²) in [6.07, 6.45) is 0. The van der Waals surface area contributed by atoms with Crippen LogP contribution in [0, 0.1) is 5.82 Å². The Balaban J connectivity index is 1.59. The summed E-state index contributed by atoms with van der Waals surface area (Å²) in [5.74, 6) is 0.322. The highest BCUT2D eigenvalue weighted by molar-refractivity contribution is 7.15. The van der Waals surface area contributed by atoms with Crippen molar-refractivity contribution in [2.24, 2.45) is 0 Å². The Labute approximate surface area is 156 Å². The van der Waals surface area contributed by atoms with Gasteiger partial charge in [0, 0.05) is 38.3 Å². The van der Waals surface area contributed by atoms with Crippen molar-refractivity contribution in [2.75, 3.05) is 33.3 Å². The molecule has 2 heterocycles. The second kappa shape index (κ2) is 7.97. The standard InChI is InChI=1S/C19H21FN2O3S/c1-13(23)17-5-6-18(26-17)19(24)22-9-7-21(8-10-22)12-14-11-15(20)3-4-16(14)25-2/h3-6,11H,7-10,12H2,1-2H3. The minimum absolute atomic E-state index is 0.0251. The molecule has 138 valence electrons. The molecule has 7 heteroatoms. The lowest BCUT2D eigenvalue weighted by Crippen LogP contribution is -2.48. The van der Waals surface area contributed by atoms with E-state index in [-0.39, 0.29) is 17.5 Å². The number of ether oxygens (including phenoxy) is 1. The molecule has 0 bridgehead atoms. The fraction of sp³-hybridized carbons (Fsp3) is 0.368. The molecule has 1 saturated heterocycles. The van der Waals surface area contributed by atoms with Crippen LogP contribution in [-0.4, -0.2) is 54.8 Å². The van der Waals surface area contributed by atoms with E-state index in [2.05, 4.69) is 4.90 Å². The fourth-order valence-corrected chi connectivity index (χ4v) is 3.89. The van der Waals surface area contributed by atoms with Crippen LogP contribution < -0.4 is 4.74 Å². The van der Waals surface area contributed by atoms with Crippen molar-refractivity contribution in [1.82, 2.24) is 9.80 Å². The topological polar surface area (TPSA) is 49.9 Å². The number of amides is 1. The molecule has 1 fully saturated rings. The molecule has 1 aromatic heterocycles. The summed E-state index contributed by atoms with van der Waals surface area (Å²) in [6.45, 7) is 4.69. The Morgan fingerprint density at radius 1 is 1.12 bits per heavy atom. The van der Waals surface area contributed by atoms with Crippen molar-refractivity contribution < 1.29 is 18.7 Å². The minimum atomic E-state index is -0.284. The summed E-state index contributed by atoms with van der Waals surface area (Å²) in [6, 6.07) is 7.93. The van der Waals surface area contributed by atoms with Crippen LogP contribution in [-0.2, 0) is 6.54 Å². The number of halogens is 1. The van der Waals surface area contributed by atoms with Crippen molar-refractivity contribution in [3.05, 3.63) is 51.5 Å². The molecule has 1 aliphatic heterocycles. The molecule has 26 heavy (non-hydrogen) atoms. The smallest absolute Gasteiger partial charge is 0.264 e. The van der Waals surface area contributed by atoms with Gasteiger partial charge in [-0.1, -0.05) is 0 Å². The molecule has 0 radical (unpaired) electrons. The highest BCUT2D eigenvalue weighted by Gasteiger charge is 2.24. The van der Waals surface area contributed by atoms with Crippen molar-refractivity contribution in [3.63, 3.8) is 0 Å². The van der Waals surface area contributed by atoms with Gasteiger partial charge >= 0.3 is 0 Å². The number of benzene rings is 1. The van der Waals surface area contributed by atoms with Gasteiger partial charge in [0.25, 0.3) is 5.91 Å². The SMILES string of the molecule is COc1ccc(F)cc1CN1CCN(C(=O)c2ccc(C(C)=O)s2)CC1. The Kier molecular flexibility index (Phi) is 5.68. The van der Waals surface area contributed by atoms with E-state index in [1.165, 1.54) is 30.4 Å². The average Bonchev–Trinajstić information content (AvgIpc) is 3.12. The van der Waals surface area contributed by atoms with Crippen LogP contribution in [0.5, 0.6) is 5.75 Å². The zero-order valence-electron chi connectivity index (χ0n) is 14.8. The number of carbonyl (C=O) groups is 2. The molecule has 3 rings (SSSR count). The Bertz CT molecular complexity index is 813. The third-order valence-electron chi connectivity index (χ3n) is 4.46. The highest BCUT2D eigenvalue weighted by atomic mass is 32.1. The van der Waals surface area contributed by atoms with Crippen LogP contribution in [0.1, 0.15) is 31.8 Å². The van der Waals surface area contributed by atoms with E-state index in [0.29, 0.717) is 48.2 Å². The van der Waals surface area contributed by atoms with Gasteiger partial charge in [0.2, 0.25) is 0 Å². The second-order valence-electron chi connectivity index (χ2n) is 6.24. The lowest BCUT2D eigenvalue weighted by Gasteiger charge is -2.34. The summed E-state index contributed by atoms with van der Waals surface area (Å²) >= 11 is 1.24. The van der Waals surface area contributed by atoms with Crippen LogP contribution in [0.25, 0.3) is 0 Å². The van der Waals surface area contributed by atoms with Gasteiger partial charge in [-0.2, -0.15) is 0 Å². The van der Waals surface area contributed by atoms with Gasteiger partial charge in [0.15, 0.2) is 5.78 Å². The first-order chi connectivity index (χ1) is 12.5. The number of thiophene rings is 1. The molecule has 0 aliphatic carbocycles. The summed E-state index contributed by atoms with van der Waals surface area (Å²) in [7, 11) is 1.57. The summed E-state index contributed by atoms with van der Waals surface area (Å²) in [4.78, 5) is 29.1. The highest BCUT2D eigenvalue weighted by Crippen LogP contribution is 2.23. The number of Topliss-reactive ketones (excluding diaryl/α,β-unsaturated/α-hetero) is 1. The first-order valence-corrected chi connectivity index (χ1v) is 9.24. The van der Waals surface area contributed by atoms with Crippen LogP contribution in [0.4, 0.5) is 4.39 Å². The maximum absolute atomic E-state index is 13.5. The molecule has 0 atom stereocenters. The van der Waals surface area contributed by atoms with E-state index in [1.807, 2.05) is 0 Å². The zero-order valence-corrected chi connectivity index (χ0v) is 15.6. The first-order valence-electron chi connectivity index (χ1n) is 8.42. The van der Waals surface area contributed by atoms with Gasteiger partial charge in [-0.3, -0.25) is 14.5 Å². The van der Waals surface area contributed by atoms with Gasteiger partial charge in [-0.15, -0.1) is 11.3 Å². The third-order valence-corrected chi connectivity index (χ3v) is 5.63. The van der Waals surface area contributed by atoms with E-state index in [1.54, 1.807) is 30.2 Å². The van der Waals surface area contributed by atoms with E-state index in [9.17, 15) is 14.0 Å². The van der Waals surface area contributed by atoms with Crippen LogP contribution in [0.15, 0.2) is 30.3 Å². The fourth-order valence-electron chi connectivity index (χ4n) is 3.02. The Morgan fingerprint density at radius 3 is 2.42 bits per heavy atom. The van der Waals surface area contributed by atoms with Gasteiger partial charge in [0.1, 0.15) is 11.6 Å². The largest absolute Gasteiger partial charge is 0.496 e. The van der Waals surface area contributed by atoms with Crippen LogP contribution in [0.2, 0.25) is 0 Å². The summed E-state index contributed by atoms with van der Waals surface area (Å²) in [5.41, 5.74) is 0.802. The van der Waals surface area contributed by atoms with E-state index in [4.69, 9.17) is 4.74 Å². The second-order valence-corrected chi connectivity index (χ2v) is 7.33. The predicted octanol–water partition coefficient (Wildman–Crippen LogP) is 3.06. The number of hydrogen-bond acceptors (Lipinski definition) is 5. The number of methoxy groups -OCH3 is 1. The zero-order chi connectivity index (χ0) is 18.7. The normalized spacial score (nSPS) is 15.1. The van der Waals surface area contributed by atoms with Crippen molar-refractivity contribution in [1.29, 1.82) is 0 Å². The van der Waals surface area contributed by atoms with E-state index in [0.717, 1.165) is 5.56 Å². The molecule has 1 aliphatic rings. The average molecular weight is 376 g/mol. The van der Waals surface area contributed by atoms with Gasteiger partial charge in [-0.05, 0) is 37.3 Å². The summed E-state index contributed by atoms with van der Waals surface area (Å²) < 4.78 is 18.8.